The van der Waals surface area contributed by atoms with Crippen LogP contribution >= 0.6 is 0 Å². The molecule has 0 N–H and O–H groups in total. The Morgan fingerprint density at radius 1 is 0.476 bits per heavy atom. The van der Waals surface area contributed by atoms with E-state index in [-0.39, 0.29) is 0 Å². The van der Waals surface area contributed by atoms with E-state index < -0.39 is 8.80 Å². The predicted molar refractivity (Wildman–Crippen MR) is 181 cm³/mol. The van der Waals surface area contributed by atoms with Crippen molar-refractivity contribution in [1.29, 1.82) is 0 Å². The van der Waals surface area contributed by atoms with Gasteiger partial charge in [0.2, 0.25) is 0 Å². The second-order valence-electron chi connectivity index (χ2n) is 14.3. The van der Waals surface area contributed by atoms with E-state index in [9.17, 15) is 0 Å². The van der Waals surface area contributed by atoms with Crippen LogP contribution in [0.15, 0.2) is 97.1 Å². The largest absolute Gasteiger partial charge is 0.0673 e. The van der Waals surface area contributed by atoms with E-state index in [1.807, 2.05) is 0 Å². The van der Waals surface area contributed by atoms with Crippen molar-refractivity contribution in [3.05, 3.63) is 119 Å². The van der Waals surface area contributed by atoms with Gasteiger partial charge in [-0.3, -0.25) is 0 Å². The third kappa shape index (κ3) is 4.21. The first-order valence-corrected chi connectivity index (χ1v) is 19.1. The summed E-state index contributed by atoms with van der Waals surface area (Å²) in [5, 5.41) is 0. The van der Waals surface area contributed by atoms with Gasteiger partial charge in [0.15, 0.2) is 0 Å². The Hall–Kier alpha value is -2.90. The molecule has 4 aromatic rings. The summed E-state index contributed by atoms with van der Waals surface area (Å²) in [5.41, 5.74) is 15.0. The van der Waals surface area contributed by atoms with Gasteiger partial charge in [-0.1, -0.05) is 155 Å². The molecule has 0 nitrogen and oxygen atoms in total. The van der Waals surface area contributed by atoms with E-state index in [0.29, 0.717) is 16.5 Å². The molecule has 0 radical (unpaired) electrons. The number of hydrogen-bond acceptors (Lipinski definition) is 0. The van der Waals surface area contributed by atoms with Crippen LogP contribution in [0.4, 0.5) is 0 Å². The average Bonchev–Trinajstić information content (AvgIpc) is 3.25. The van der Waals surface area contributed by atoms with Crippen LogP contribution in [0.2, 0.25) is 5.54 Å². The van der Waals surface area contributed by atoms with Crippen molar-refractivity contribution in [3.63, 3.8) is 0 Å². The zero-order valence-electron chi connectivity index (χ0n) is 25.4. The summed E-state index contributed by atoms with van der Waals surface area (Å²) in [6.07, 6.45) is 15.9. The second-order valence-corrected chi connectivity index (χ2v) is 17.6. The van der Waals surface area contributed by atoms with Gasteiger partial charge in [-0.2, -0.15) is 0 Å². The Morgan fingerprint density at radius 3 is 1.31 bits per heavy atom. The van der Waals surface area contributed by atoms with Crippen LogP contribution in [0.25, 0.3) is 22.3 Å². The Kier molecular flexibility index (Phi) is 6.98. The Morgan fingerprint density at radius 2 is 0.857 bits per heavy atom. The Balaban J connectivity index is 1.38. The number of fused-ring (bicyclic) bond motifs is 6. The smallest absolute Gasteiger partial charge is 0.0619 e. The van der Waals surface area contributed by atoms with Crippen LogP contribution in [-0.2, 0) is 0 Å². The topological polar surface area (TPSA) is 0 Å². The molecule has 0 aliphatic heterocycles. The highest BCUT2D eigenvalue weighted by atomic mass is 28.3. The van der Waals surface area contributed by atoms with Crippen LogP contribution in [-0.4, -0.2) is 8.80 Å². The monoisotopic (exact) mass is 566 g/mol. The molecule has 4 aromatic carbocycles. The molecule has 0 bridgehead atoms. The molecule has 2 saturated carbocycles. The lowest BCUT2D eigenvalue weighted by atomic mass is 9.68. The minimum absolute atomic E-state index is 0.441. The standard InChI is InChI=1S/C41H46Si/c1-41(29-17-5-2-3-6-18-29)28-16-4-7-27-38(41)42(39-34-23-12-8-19-30(34)31-20-9-13-24-35(31)39)40-36-25-14-10-21-32(36)33-22-11-15-26-37(33)40/h8-15,19-26,29,38-40,42H,2-7,16-18,27-28H2,1H3. The maximum Gasteiger partial charge on any atom is 0.0673 e. The van der Waals surface area contributed by atoms with Gasteiger partial charge >= 0.3 is 0 Å². The summed E-state index contributed by atoms with van der Waals surface area (Å²) in [4.78, 5) is 0. The van der Waals surface area contributed by atoms with Gasteiger partial charge in [0.25, 0.3) is 0 Å². The fourth-order valence-corrected chi connectivity index (χ4v) is 16.6. The van der Waals surface area contributed by atoms with Crippen LogP contribution in [0, 0.1) is 11.3 Å². The third-order valence-corrected chi connectivity index (χ3v) is 17.4. The molecule has 42 heavy (non-hydrogen) atoms. The van der Waals surface area contributed by atoms with Crippen molar-refractivity contribution in [2.45, 2.75) is 94.2 Å². The van der Waals surface area contributed by atoms with Gasteiger partial charge < -0.3 is 0 Å². The lowest BCUT2D eigenvalue weighted by molar-refractivity contribution is 0.135. The number of hydrogen-bond donors (Lipinski definition) is 0. The summed E-state index contributed by atoms with van der Waals surface area (Å²) < 4.78 is 0. The molecule has 0 aromatic heterocycles. The molecular weight excluding hydrogens is 521 g/mol. The molecule has 1 heteroatoms. The number of rotatable bonds is 4. The summed E-state index contributed by atoms with van der Waals surface area (Å²) in [6.45, 7) is 2.82. The van der Waals surface area contributed by atoms with Crippen LogP contribution in [0.5, 0.6) is 0 Å². The van der Waals surface area contributed by atoms with Crippen molar-refractivity contribution >= 4 is 8.80 Å². The van der Waals surface area contributed by atoms with E-state index in [1.165, 1.54) is 92.9 Å². The van der Waals surface area contributed by atoms with E-state index in [0.717, 1.165) is 11.5 Å². The molecular formula is C41H46Si. The normalized spacial score (nSPS) is 24.5. The molecule has 2 fully saturated rings. The lowest BCUT2D eigenvalue weighted by Gasteiger charge is -2.50. The van der Waals surface area contributed by atoms with Gasteiger partial charge in [0, 0.05) is 11.1 Å². The first kappa shape index (κ1) is 26.7. The van der Waals surface area contributed by atoms with Crippen LogP contribution in [0.1, 0.15) is 111 Å². The van der Waals surface area contributed by atoms with Gasteiger partial charge in [-0.15, -0.1) is 0 Å². The Bertz CT molecular complexity index is 1390. The van der Waals surface area contributed by atoms with Gasteiger partial charge in [0.05, 0.1) is 8.80 Å². The van der Waals surface area contributed by atoms with E-state index in [1.54, 1.807) is 22.3 Å². The fourth-order valence-electron chi connectivity index (χ4n) is 10.5. The molecule has 0 amide bonds. The van der Waals surface area contributed by atoms with Crippen molar-refractivity contribution in [2.75, 3.05) is 0 Å². The van der Waals surface area contributed by atoms with Crippen molar-refractivity contribution in [2.24, 2.45) is 11.3 Å². The van der Waals surface area contributed by atoms with Crippen molar-refractivity contribution in [1.82, 2.24) is 0 Å². The highest BCUT2D eigenvalue weighted by Crippen LogP contribution is 2.62. The van der Waals surface area contributed by atoms with Gasteiger partial charge in [-0.05, 0) is 80.6 Å². The maximum atomic E-state index is 2.82. The van der Waals surface area contributed by atoms with E-state index in [2.05, 4.69) is 104 Å². The molecule has 8 rings (SSSR count). The Labute approximate surface area is 255 Å². The predicted octanol–water partition coefficient (Wildman–Crippen LogP) is 11.2. The van der Waals surface area contributed by atoms with Crippen molar-refractivity contribution in [3.8, 4) is 22.3 Å². The summed E-state index contributed by atoms with van der Waals surface area (Å²) in [7, 11) is -1.61. The van der Waals surface area contributed by atoms with Gasteiger partial charge in [-0.25, -0.2) is 0 Å². The van der Waals surface area contributed by atoms with E-state index >= 15 is 0 Å². The molecule has 2 atom stereocenters. The maximum absolute atomic E-state index is 2.82. The zero-order valence-corrected chi connectivity index (χ0v) is 26.6. The minimum atomic E-state index is -1.61. The molecule has 0 saturated heterocycles. The second kappa shape index (κ2) is 11.0. The molecule has 4 aliphatic carbocycles. The number of benzene rings is 4. The average molecular weight is 567 g/mol. The first-order valence-electron chi connectivity index (χ1n) is 17.1. The summed E-state index contributed by atoms with van der Waals surface area (Å²) >= 11 is 0. The molecule has 0 spiro atoms. The third-order valence-electron chi connectivity index (χ3n) is 12.4. The molecule has 2 unspecified atom stereocenters. The van der Waals surface area contributed by atoms with Gasteiger partial charge in [0.1, 0.15) is 0 Å². The summed E-state index contributed by atoms with van der Waals surface area (Å²) in [5.74, 6) is 0.886. The first-order chi connectivity index (χ1) is 20.8. The molecule has 0 heterocycles. The van der Waals surface area contributed by atoms with Crippen LogP contribution in [0.3, 0.4) is 0 Å². The lowest BCUT2D eigenvalue weighted by Crippen LogP contribution is -2.45. The quantitative estimate of drug-likeness (QED) is 0.170. The SMILES string of the molecule is CC1(C2CCCCCC2)CCCCCC1[SiH](C1c2ccccc2-c2ccccc21)C1c2ccccc2-c2ccccc21. The van der Waals surface area contributed by atoms with Crippen molar-refractivity contribution < 1.29 is 0 Å². The van der Waals surface area contributed by atoms with E-state index in [4.69, 9.17) is 0 Å². The highest BCUT2D eigenvalue weighted by Gasteiger charge is 2.53. The van der Waals surface area contributed by atoms with Crippen LogP contribution < -0.4 is 0 Å². The zero-order chi connectivity index (χ0) is 28.1. The fraction of sp³-hybridized carbons (Fsp3) is 0.415. The molecule has 214 valence electrons. The minimum Gasteiger partial charge on any atom is -0.0619 e. The summed E-state index contributed by atoms with van der Waals surface area (Å²) in [6, 6.07) is 38.2. The molecule has 4 aliphatic rings. The highest BCUT2D eigenvalue weighted by molar-refractivity contribution is 6.66.